The van der Waals surface area contributed by atoms with E-state index in [1.807, 2.05) is 0 Å². The molecule has 3 rings (SSSR count). The van der Waals surface area contributed by atoms with Crippen molar-refractivity contribution in [2.75, 3.05) is 39.5 Å². The highest BCUT2D eigenvalue weighted by Crippen LogP contribution is 2.22. The third-order valence-electron chi connectivity index (χ3n) is 4.68. The van der Waals surface area contributed by atoms with Crippen LogP contribution in [0.3, 0.4) is 0 Å². The number of ether oxygens (including phenoxy) is 3. The van der Waals surface area contributed by atoms with E-state index >= 15 is 0 Å². The molecule has 2 heterocycles. The van der Waals surface area contributed by atoms with E-state index in [1.165, 1.54) is 28.6 Å². The standard InChI is InChI=1S/C19H25N3O7S/c1-3-28-18(23)17-13(2)20-19(24)21-16(17)12-29-14-4-6-15(7-5-14)30(25,26)22-8-10-27-11-9-22/h4-7,13H,3,8-12H2,1-2H3,(H2,20,21,24). The quantitative estimate of drug-likeness (QED) is 0.597. The van der Waals surface area contributed by atoms with Gasteiger partial charge in [-0.05, 0) is 38.1 Å². The number of benzene rings is 1. The third-order valence-corrected chi connectivity index (χ3v) is 6.59. The number of esters is 1. The van der Waals surface area contributed by atoms with Crippen molar-refractivity contribution in [3.63, 3.8) is 0 Å². The van der Waals surface area contributed by atoms with E-state index in [0.717, 1.165) is 0 Å². The second-order valence-electron chi connectivity index (χ2n) is 6.71. The molecule has 2 amide bonds. The summed E-state index contributed by atoms with van der Waals surface area (Å²) in [6.45, 7) is 4.87. The van der Waals surface area contributed by atoms with E-state index < -0.39 is 28.1 Å². The first-order chi connectivity index (χ1) is 14.3. The predicted molar refractivity (Wildman–Crippen MR) is 106 cm³/mol. The molecule has 2 aliphatic rings. The fourth-order valence-electron chi connectivity index (χ4n) is 3.19. The number of hydrogen-bond donors (Lipinski definition) is 2. The average molecular weight is 439 g/mol. The molecule has 0 radical (unpaired) electrons. The van der Waals surface area contributed by atoms with Gasteiger partial charge >= 0.3 is 12.0 Å². The van der Waals surface area contributed by atoms with Crippen LogP contribution in [0.5, 0.6) is 5.75 Å². The monoisotopic (exact) mass is 439 g/mol. The summed E-state index contributed by atoms with van der Waals surface area (Å²) in [6.07, 6.45) is 0. The second-order valence-corrected chi connectivity index (χ2v) is 8.65. The number of sulfonamides is 1. The Balaban J connectivity index is 1.72. The van der Waals surface area contributed by atoms with Gasteiger partial charge in [0.05, 0.1) is 42.0 Å². The highest BCUT2D eigenvalue weighted by atomic mass is 32.2. The zero-order chi connectivity index (χ0) is 21.7. The summed E-state index contributed by atoms with van der Waals surface area (Å²) in [5.41, 5.74) is 0.581. The molecule has 1 aromatic rings. The van der Waals surface area contributed by atoms with Crippen LogP contribution in [0.4, 0.5) is 4.79 Å². The number of urea groups is 1. The number of nitrogens with one attached hydrogen (secondary N) is 2. The van der Waals surface area contributed by atoms with Crippen molar-refractivity contribution in [1.29, 1.82) is 0 Å². The van der Waals surface area contributed by atoms with Gasteiger partial charge in [0.25, 0.3) is 0 Å². The van der Waals surface area contributed by atoms with Gasteiger partial charge in [0.2, 0.25) is 10.0 Å². The van der Waals surface area contributed by atoms with Gasteiger partial charge in [0, 0.05) is 13.1 Å². The molecule has 0 bridgehead atoms. The maximum atomic E-state index is 12.7. The minimum atomic E-state index is -3.59. The largest absolute Gasteiger partial charge is 0.487 e. The van der Waals surface area contributed by atoms with Gasteiger partial charge in [-0.15, -0.1) is 0 Å². The molecule has 164 valence electrons. The molecule has 2 N–H and O–H groups in total. The second kappa shape index (κ2) is 9.45. The first-order valence-electron chi connectivity index (χ1n) is 9.61. The normalized spacial score (nSPS) is 20.3. The number of morpholine rings is 1. The lowest BCUT2D eigenvalue weighted by Gasteiger charge is -2.27. The Kier molecular flexibility index (Phi) is 6.95. The molecule has 0 spiro atoms. The summed E-state index contributed by atoms with van der Waals surface area (Å²) in [6, 6.07) is 5.02. The van der Waals surface area contributed by atoms with E-state index in [-0.39, 0.29) is 23.7 Å². The zero-order valence-electron chi connectivity index (χ0n) is 16.8. The summed E-state index contributed by atoms with van der Waals surface area (Å²) < 4.78 is 42.7. The number of hydrogen-bond acceptors (Lipinski definition) is 7. The number of amides is 2. The van der Waals surface area contributed by atoms with Crippen molar-refractivity contribution in [1.82, 2.24) is 14.9 Å². The maximum Gasteiger partial charge on any atom is 0.338 e. The van der Waals surface area contributed by atoms with Gasteiger partial charge in [-0.25, -0.2) is 18.0 Å². The van der Waals surface area contributed by atoms with Crippen molar-refractivity contribution < 1.29 is 32.2 Å². The molecule has 1 unspecified atom stereocenters. The Labute approximate surface area is 175 Å². The van der Waals surface area contributed by atoms with E-state index in [1.54, 1.807) is 13.8 Å². The van der Waals surface area contributed by atoms with Gasteiger partial charge in [-0.3, -0.25) is 0 Å². The fraction of sp³-hybridized carbons (Fsp3) is 0.474. The first-order valence-corrected chi connectivity index (χ1v) is 11.1. The zero-order valence-corrected chi connectivity index (χ0v) is 17.7. The van der Waals surface area contributed by atoms with E-state index in [0.29, 0.717) is 37.7 Å². The van der Waals surface area contributed by atoms with E-state index in [9.17, 15) is 18.0 Å². The van der Waals surface area contributed by atoms with Crippen LogP contribution in [0.1, 0.15) is 13.8 Å². The minimum Gasteiger partial charge on any atom is -0.487 e. The third kappa shape index (κ3) is 4.91. The number of carbonyl (C=O) groups excluding carboxylic acids is 2. The number of nitrogens with zero attached hydrogens (tertiary/aromatic N) is 1. The minimum absolute atomic E-state index is 0.0819. The highest BCUT2D eigenvalue weighted by Gasteiger charge is 2.30. The van der Waals surface area contributed by atoms with Crippen molar-refractivity contribution in [3.8, 4) is 5.75 Å². The molecule has 30 heavy (non-hydrogen) atoms. The number of carbonyl (C=O) groups is 2. The van der Waals surface area contributed by atoms with Crippen LogP contribution < -0.4 is 15.4 Å². The van der Waals surface area contributed by atoms with Gasteiger partial charge in [-0.1, -0.05) is 0 Å². The van der Waals surface area contributed by atoms with Crippen LogP contribution in [0.25, 0.3) is 0 Å². The smallest absolute Gasteiger partial charge is 0.338 e. The lowest BCUT2D eigenvalue weighted by Crippen LogP contribution is -2.50. The van der Waals surface area contributed by atoms with E-state index in [4.69, 9.17) is 14.2 Å². The Morgan fingerprint density at radius 1 is 1.23 bits per heavy atom. The van der Waals surface area contributed by atoms with Crippen LogP contribution in [-0.4, -0.2) is 70.3 Å². The van der Waals surface area contributed by atoms with Gasteiger partial charge in [-0.2, -0.15) is 4.31 Å². The highest BCUT2D eigenvalue weighted by molar-refractivity contribution is 7.89. The summed E-state index contributed by atoms with van der Waals surface area (Å²) >= 11 is 0. The van der Waals surface area contributed by atoms with Crippen molar-refractivity contribution in [2.45, 2.75) is 24.8 Å². The van der Waals surface area contributed by atoms with Gasteiger partial charge in [0.15, 0.2) is 0 Å². The van der Waals surface area contributed by atoms with Gasteiger partial charge < -0.3 is 24.8 Å². The molecular formula is C19H25N3O7S. The maximum absolute atomic E-state index is 12.7. The molecule has 1 atom stereocenters. The van der Waals surface area contributed by atoms with Crippen LogP contribution in [0.15, 0.2) is 40.4 Å². The van der Waals surface area contributed by atoms with Gasteiger partial charge in [0.1, 0.15) is 12.4 Å². The Bertz CT molecular complexity index is 922. The summed E-state index contributed by atoms with van der Waals surface area (Å²) in [7, 11) is -3.59. The molecule has 1 saturated heterocycles. The molecule has 10 nitrogen and oxygen atoms in total. The summed E-state index contributed by atoms with van der Waals surface area (Å²) in [5, 5.41) is 5.18. The Morgan fingerprint density at radius 3 is 2.53 bits per heavy atom. The molecule has 2 aliphatic heterocycles. The number of rotatable bonds is 7. The van der Waals surface area contributed by atoms with Crippen molar-refractivity contribution in [3.05, 3.63) is 35.5 Å². The van der Waals surface area contributed by atoms with Crippen molar-refractivity contribution >= 4 is 22.0 Å². The lowest BCUT2D eigenvalue weighted by molar-refractivity contribution is -0.139. The molecular weight excluding hydrogens is 414 g/mol. The van der Waals surface area contributed by atoms with Crippen molar-refractivity contribution in [2.24, 2.45) is 0 Å². The SMILES string of the molecule is CCOC(=O)C1=C(COc2ccc(S(=O)(=O)N3CCOCC3)cc2)NC(=O)NC1C. The predicted octanol–water partition coefficient (Wildman–Crippen LogP) is 0.605. The van der Waals surface area contributed by atoms with Crippen LogP contribution in [-0.2, 0) is 24.3 Å². The summed E-state index contributed by atoms with van der Waals surface area (Å²) in [4.78, 5) is 24.2. The Hall–Kier alpha value is -2.63. The molecule has 0 aliphatic carbocycles. The lowest BCUT2D eigenvalue weighted by atomic mass is 10.0. The van der Waals surface area contributed by atoms with Crippen LogP contribution >= 0.6 is 0 Å². The van der Waals surface area contributed by atoms with E-state index in [2.05, 4.69) is 10.6 Å². The summed E-state index contributed by atoms with van der Waals surface area (Å²) in [5.74, 6) is -0.143. The molecule has 0 saturated carbocycles. The Morgan fingerprint density at radius 2 is 1.90 bits per heavy atom. The first kappa shape index (κ1) is 22.1. The fourth-order valence-corrected chi connectivity index (χ4v) is 4.60. The molecule has 1 fully saturated rings. The van der Waals surface area contributed by atoms with Crippen LogP contribution in [0.2, 0.25) is 0 Å². The average Bonchev–Trinajstić information content (AvgIpc) is 2.73. The topological polar surface area (TPSA) is 123 Å². The molecule has 11 heteroatoms. The molecule has 0 aromatic heterocycles. The van der Waals surface area contributed by atoms with Crippen LogP contribution in [0, 0.1) is 0 Å². The molecule has 1 aromatic carbocycles.